The predicted molar refractivity (Wildman–Crippen MR) is 68.0 cm³/mol. The van der Waals surface area contributed by atoms with Crippen molar-refractivity contribution < 1.29 is 4.79 Å². The Morgan fingerprint density at radius 1 is 1.32 bits per heavy atom. The number of fused-ring (bicyclic) bond motifs is 4. The molecule has 2 heterocycles. The zero-order valence-electron chi connectivity index (χ0n) is 10.4. The molecule has 1 aromatic carbocycles. The number of carbonyl (C=O) groups excluding carboxylic acids is 1. The lowest BCUT2D eigenvalue weighted by atomic mass is 9.90. The molecule has 0 radical (unpaired) electrons. The average Bonchev–Trinajstić information content (AvgIpc) is 2.76. The van der Waals surface area contributed by atoms with Crippen LogP contribution < -0.4 is 0 Å². The summed E-state index contributed by atoms with van der Waals surface area (Å²) in [5.41, 5.74) is 1.70. The van der Waals surface area contributed by atoms with Crippen molar-refractivity contribution in [1.82, 2.24) is 4.90 Å². The first kappa shape index (κ1) is 11.9. The van der Waals surface area contributed by atoms with Crippen molar-refractivity contribution in [2.75, 3.05) is 6.54 Å². The molecule has 0 aromatic heterocycles. The van der Waals surface area contributed by atoms with Gasteiger partial charge in [-0.25, -0.2) is 0 Å². The molecular formula is C15H13N3O. The van der Waals surface area contributed by atoms with E-state index in [9.17, 15) is 10.1 Å². The standard InChI is InChI=1S/C15H13N3O/c16-6-3-7-18-13-8-10(9-17)14(18)11-4-1-2-5-12(11)15(13)19/h1-2,4-5,10,13-14H,3,7-8H2. The van der Waals surface area contributed by atoms with Crippen LogP contribution in [0.1, 0.15) is 34.8 Å². The third kappa shape index (κ3) is 1.65. The number of benzene rings is 1. The van der Waals surface area contributed by atoms with Crippen molar-refractivity contribution in [2.24, 2.45) is 5.92 Å². The molecular weight excluding hydrogens is 238 g/mol. The van der Waals surface area contributed by atoms with Crippen molar-refractivity contribution in [2.45, 2.75) is 24.9 Å². The second kappa shape index (κ2) is 4.50. The van der Waals surface area contributed by atoms with Gasteiger partial charge in [-0.2, -0.15) is 10.5 Å². The van der Waals surface area contributed by atoms with Gasteiger partial charge >= 0.3 is 0 Å². The van der Waals surface area contributed by atoms with Gasteiger partial charge in [0, 0.05) is 18.5 Å². The molecule has 3 rings (SSSR count). The van der Waals surface area contributed by atoms with E-state index in [1.807, 2.05) is 29.2 Å². The first-order valence-corrected chi connectivity index (χ1v) is 6.43. The summed E-state index contributed by atoms with van der Waals surface area (Å²) in [7, 11) is 0. The van der Waals surface area contributed by atoms with Gasteiger partial charge in [-0.1, -0.05) is 24.3 Å². The van der Waals surface area contributed by atoms with Gasteiger partial charge in [0.2, 0.25) is 0 Å². The third-order valence-electron chi connectivity index (χ3n) is 4.11. The molecule has 2 aliphatic rings. The summed E-state index contributed by atoms with van der Waals surface area (Å²) in [6.45, 7) is 0.560. The molecule has 3 atom stereocenters. The Labute approximate surface area is 111 Å². The van der Waals surface area contributed by atoms with Crippen LogP contribution in [0.2, 0.25) is 0 Å². The molecule has 19 heavy (non-hydrogen) atoms. The fraction of sp³-hybridized carbons (Fsp3) is 0.400. The minimum Gasteiger partial charge on any atom is -0.292 e. The summed E-state index contributed by atoms with van der Waals surface area (Å²) >= 11 is 0. The minimum atomic E-state index is -0.224. The Kier molecular flexibility index (Phi) is 2.81. The number of nitrogens with zero attached hydrogens (tertiary/aromatic N) is 3. The maximum Gasteiger partial charge on any atom is 0.180 e. The molecule has 94 valence electrons. The number of rotatable bonds is 2. The maximum atomic E-state index is 12.5. The van der Waals surface area contributed by atoms with E-state index in [1.54, 1.807) is 0 Å². The smallest absolute Gasteiger partial charge is 0.180 e. The molecule has 0 spiro atoms. The van der Waals surface area contributed by atoms with Gasteiger partial charge in [0.05, 0.1) is 30.1 Å². The van der Waals surface area contributed by atoms with E-state index in [0.717, 1.165) is 11.1 Å². The van der Waals surface area contributed by atoms with Crippen molar-refractivity contribution >= 4 is 5.78 Å². The first-order chi connectivity index (χ1) is 9.27. The summed E-state index contributed by atoms with van der Waals surface area (Å²) in [6.07, 6.45) is 0.973. The van der Waals surface area contributed by atoms with Crippen LogP contribution in [0.3, 0.4) is 0 Å². The molecule has 4 heteroatoms. The number of hydrogen-bond acceptors (Lipinski definition) is 4. The van der Waals surface area contributed by atoms with Gasteiger partial charge in [-0.15, -0.1) is 0 Å². The fourth-order valence-corrected chi connectivity index (χ4v) is 3.34. The van der Waals surface area contributed by atoms with Gasteiger partial charge < -0.3 is 0 Å². The van der Waals surface area contributed by atoms with Crippen molar-refractivity contribution in [3.63, 3.8) is 0 Å². The average molecular weight is 251 g/mol. The van der Waals surface area contributed by atoms with E-state index in [-0.39, 0.29) is 23.8 Å². The van der Waals surface area contributed by atoms with E-state index < -0.39 is 0 Å². The van der Waals surface area contributed by atoms with Crippen molar-refractivity contribution in [1.29, 1.82) is 10.5 Å². The molecule has 0 saturated carbocycles. The van der Waals surface area contributed by atoms with Crippen molar-refractivity contribution in [3.05, 3.63) is 35.4 Å². The fourth-order valence-electron chi connectivity index (χ4n) is 3.34. The predicted octanol–water partition coefficient (Wildman–Crippen LogP) is 2.05. The van der Waals surface area contributed by atoms with Crippen LogP contribution in [0.5, 0.6) is 0 Å². The highest BCUT2D eigenvalue weighted by molar-refractivity contribution is 6.03. The van der Waals surface area contributed by atoms with Crippen LogP contribution in [-0.2, 0) is 0 Å². The van der Waals surface area contributed by atoms with E-state index in [0.29, 0.717) is 19.4 Å². The number of ketones is 1. The van der Waals surface area contributed by atoms with Gasteiger partial charge in [0.15, 0.2) is 5.78 Å². The molecule has 2 bridgehead atoms. The highest BCUT2D eigenvalue weighted by Gasteiger charge is 2.50. The molecule has 4 nitrogen and oxygen atoms in total. The highest BCUT2D eigenvalue weighted by Crippen LogP contribution is 2.46. The lowest BCUT2D eigenvalue weighted by molar-refractivity contribution is 0.0796. The van der Waals surface area contributed by atoms with Crippen LogP contribution in [-0.4, -0.2) is 23.3 Å². The highest BCUT2D eigenvalue weighted by atomic mass is 16.1. The molecule has 2 aliphatic heterocycles. The zero-order valence-corrected chi connectivity index (χ0v) is 10.4. The van der Waals surface area contributed by atoms with Gasteiger partial charge in [0.1, 0.15) is 0 Å². The van der Waals surface area contributed by atoms with Crippen molar-refractivity contribution in [3.8, 4) is 12.1 Å². The normalized spacial score (nSPS) is 28.5. The molecule has 0 N–H and O–H groups in total. The Morgan fingerprint density at radius 3 is 2.84 bits per heavy atom. The summed E-state index contributed by atoms with van der Waals surface area (Å²) in [5, 5.41) is 18.1. The molecule has 0 aliphatic carbocycles. The number of carbonyl (C=O) groups is 1. The topological polar surface area (TPSA) is 67.9 Å². The Hall–Kier alpha value is -2.17. The quantitative estimate of drug-likeness (QED) is 0.806. The zero-order chi connectivity index (χ0) is 13.4. The van der Waals surface area contributed by atoms with Gasteiger partial charge in [0.25, 0.3) is 0 Å². The van der Waals surface area contributed by atoms with E-state index in [2.05, 4.69) is 12.1 Å². The molecule has 1 saturated heterocycles. The Morgan fingerprint density at radius 2 is 2.11 bits per heavy atom. The largest absolute Gasteiger partial charge is 0.292 e. The second-order valence-corrected chi connectivity index (χ2v) is 5.03. The first-order valence-electron chi connectivity index (χ1n) is 6.43. The second-order valence-electron chi connectivity index (χ2n) is 5.03. The number of nitriles is 2. The molecule has 0 amide bonds. The van der Waals surface area contributed by atoms with Gasteiger partial charge in [-0.05, 0) is 12.0 Å². The summed E-state index contributed by atoms with van der Waals surface area (Å²) < 4.78 is 0. The van der Waals surface area contributed by atoms with E-state index >= 15 is 0 Å². The summed E-state index contributed by atoms with van der Waals surface area (Å²) in [4.78, 5) is 14.5. The molecule has 1 aromatic rings. The number of hydrogen-bond donors (Lipinski definition) is 0. The minimum absolute atomic E-state index is 0.0303. The summed E-state index contributed by atoms with van der Waals surface area (Å²) in [6, 6.07) is 11.7. The van der Waals surface area contributed by atoms with Crippen LogP contribution in [0.15, 0.2) is 24.3 Å². The number of Topliss-reactive ketones (excluding diaryl/α,β-unsaturated/α-hetero) is 1. The van der Waals surface area contributed by atoms with Crippen LogP contribution >= 0.6 is 0 Å². The van der Waals surface area contributed by atoms with Gasteiger partial charge in [-0.3, -0.25) is 9.69 Å². The molecule has 3 unspecified atom stereocenters. The SMILES string of the molecule is N#CCCN1C2CC(C#N)C1c1ccccc1C2=O. The lowest BCUT2D eigenvalue weighted by Gasteiger charge is -2.35. The Balaban J connectivity index is 2.08. The molecule has 1 fully saturated rings. The maximum absolute atomic E-state index is 12.5. The van der Waals surface area contributed by atoms with E-state index in [1.165, 1.54) is 0 Å². The summed E-state index contributed by atoms with van der Waals surface area (Å²) in [5.74, 6) is -0.0566. The van der Waals surface area contributed by atoms with Crippen LogP contribution in [0.4, 0.5) is 0 Å². The lowest BCUT2D eigenvalue weighted by Crippen LogP contribution is -2.42. The Bertz CT molecular complexity index is 611. The third-order valence-corrected chi connectivity index (χ3v) is 4.11. The monoisotopic (exact) mass is 251 g/mol. The van der Waals surface area contributed by atoms with Crippen LogP contribution in [0, 0.1) is 28.6 Å². The van der Waals surface area contributed by atoms with E-state index in [4.69, 9.17) is 5.26 Å². The van der Waals surface area contributed by atoms with Crippen LogP contribution in [0.25, 0.3) is 0 Å².